The molecule has 2 rings (SSSR count). The van der Waals surface area contributed by atoms with Gasteiger partial charge >= 0.3 is 5.97 Å². The summed E-state index contributed by atoms with van der Waals surface area (Å²) in [5.41, 5.74) is 5.24. The summed E-state index contributed by atoms with van der Waals surface area (Å²) in [4.78, 5) is 24.0. The van der Waals surface area contributed by atoms with E-state index in [0.717, 1.165) is 22.3 Å². The SMILES string of the molecule is Cc1ccc(C)c(C(=O)OCC(=O)Nc2ccc(C)c(C)c2)c1. The molecule has 23 heavy (non-hydrogen) atoms. The quantitative estimate of drug-likeness (QED) is 0.876. The lowest BCUT2D eigenvalue weighted by Crippen LogP contribution is -2.21. The number of carbonyl (C=O) groups is 2. The van der Waals surface area contributed by atoms with Crippen molar-refractivity contribution >= 4 is 17.6 Å². The van der Waals surface area contributed by atoms with Gasteiger partial charge in [-0.2, -0.15) is 0 Å². The first-order valence-corrected chi connectivity index (χ1v) is 7.48. The molecule has 0 bridgehead atoms. The van der Waals surface area contributed by atoms with Crippen molar-refractivity contribution in [1.82, 2.24) is 0 Å². The third kappa shape index (κ3) is 4.42. The van der Waals surface area contributed by atoms with Crippen molar-refractivity contribution < 1.29 is 14.3 Å². The third-order valence-corrected chi connectivity index (χ3v) is 3.74. The zero-order valence-corrected chi connectivity index (χ0v) is 13.9. The number of aryl methyl sites for hydroxylation is 4. The highest BCUT2D eigenvalue weighted by molar-refractivity contribution is 5.96. The molecule has 0 spiro atoms. The van der Waals surface area contributed by atoms with Gasteiger partial charge in [-0.3, -0.25) is 4.79 Å². The number of rotatable bonds is 4. The van der Waals surface area contributed by atoms with E-state index >= 15 is 0 Å². The third-order valence-electron chi connectivity index (χ3n) is 3.74. The molecule has 0 radical (unpaired) electrons. The van der Waals surface area contributed by atoms with Gasteiger partial charge in [-0.1, -0.05) is 23.8 Å². The molecule has 2 aromatic carbocycles. The predicted octanol–water partition coefficient (Wildman–Crippen LogP) is 3.72. The van der Waals surface area contributed by atoms with E-state index in [1.807, 2.05) is 58.0 Å². The van der Waals surface area contributed by atoms with Crippen LogP contribution in [0.2, 0.25) is 0 Å². The maximum absolute atomic E-state index is 12.1. The molecule has 1 N–H and O–H groups in total. The van der Waals surface area contributed by atoms with Crippen molar-refractivity contribution in [1.29, 1.82) is 0 Å². The Bertz CT molecular complexity index is 750. The summed E-state index contributed by atoms with van der Waals surface area (Å²) in [6, 6.07) is 11.2. The van der Waals surface area contributed by atoms with Gasteiger partial charge in [0.15, 0.2) is 6.61 Å². The van der Waals surface area contributed by atoms with Gasteiger partial charge in [-0.05, 0) is 62.6 Å². The second-order valence-corrected chi connectivity index (χ2v) is 5.74. The van der Waals surface area contributed by atoms with E-state index in [9.17, 15) is 9.59 Å². The molecule has 0 saturated carbocycles. The fraction of sp³-hybridized carbons (Fsp3) is 0.263. The lowest BCUT2D eigenvalue weighted by molar-refractivity contribution is -0.119. The summed E-state index contributed by atoms with van der Waals surface area (Å²) in [5, 5.41) is 2.73. The number of nitrogens with one attached hydrogen (secondary N) is 1. The van der Waals surface area contributed by atoms with Crippen LogP contribution in [0.4, 0.5) is 5.69 Å². The number of amides is 1. The summed E-state index contributed by atoms with van der Waals surface area (Å²) in [6.07, 6.45) is 0. The van der Waals surface area contributed by atoms with E-state index < -0.39 is 5.97 Å². The van der Waals surface area contributed by atoms with Crippen molar-refractivity contribution in [2.45, 2.75) is 27.7 Å². The molecular formula is C19H21NO3. The summed E-state index contributed by atoms with van der Waals surface area (Å²) in [7, 11) is 0. The van der Waals surface area contributed by atoms with E-state index in [0.29, 0.717) is 11.3 Å². The van der Waals surface area contributed by atoms with Gasteiger partial charge < -0.3 is 10.1 Å². The van der Waals surface area contributed by atoms with Crippen molar-refractivity contribution in [3.8, 4) is 0 Å². The molecule has 0 atom stereocenters. The van der Waals surface area contributed by atoms with E-state index in [1.54, 1.807) is 6.07 Å². The normalized spacial score (nSPS) is 10.3. The summed E-state index contributed by atoms with van der Waals surface area (Å²) >= 11 is 0. The minimum absolute atomic E-state index is 0.306. The van der Waals surface area contributed by atoms with Gasteiger partial charge in [0.1, 0.15) is 0 Å². The van der Waals surface area contributed by atoms with E-state index in [2.05, 4.69) is 5.32 Å². The standard InChI is InChI=1S/C19H21NO3/c1-12-5-6-14(3)17(9-12)19(22)23-11-18(21)20-16-8-7-13(2)15(4)10-16/h5-10H,11H2,1-4H3,(H,20,21). The van der Waals surface area contributed by atoms with Crippen LogP contribution >= 0.6 is 0 Å². The summed E-state index contributed by atoms with van der Waals surface area (Å²) < 4.78 is 5.10. The average Bonchev–Trinajstić information content (AvgIpc) is 2.51. The first-order valence-electron chi connectivity index (χ1n) is 7.48. The Hall–Kier alpha value is -2.62. The van der Waals surface area contributed by atoms with Crippen LogP contribution in [-0.4, -0.2) is 18.5 Å². The molecule has 1 amide bonds. The molecular weight excluding hydrogens is 290 g/mol. The lowest BCUT2D eigenvalue weighted by Gasteiger charge is -2.10. The molecule has 0 aliphatic heterocycles. The van der Waals surface area contributed by atoms with Crippen molar-refractivity contribution in [2.75, 3.05) is 11.9 Å². The number of esters is 1. The first-order chi connectivity index (χ1) is 10.9. The predicted molar refractivity (Wildman–Crippen MR) is 90.7 cm³/mol. The van der Waals surface area contributed by atoms with Crippen molar-refractivity contribution in [3.63, 3.8) is 0 Å². The number of ether oxygens (including phenoxy) is 1. The molecule has 0 aliphatic carbocycles. The smallest absolute Gasteiger partial charge is 0.338 e. The van der Waals surface area contributed by atoms with Gasteiger partial charge in [-0.25, -0.2) is 4.79 Å². The van der Waals surface area contributed by atoms with Crippen LogP contribution in [0.5, 0.6) is 0 Å². The largest absolute Gasteiger partial charge is 0.452 e. The van der Waals surface area contributed by atoms with E-state index in [-0.39, 0.29) is 12.5 Å². The number of hydrogen-bond acceptors (Lipinski definition) is 3. The number of anilines is 1. The molecule has 0 saturated heterocycles. The molecule has 2 aromatic rings. The molecule has 0 unspecified atom stereocenters. The minimum Gasteiger partial charge on any atom is -0.452 e. The zero-order chi connectivity index (χ0) is 17.0. The van der Waals surface area contributed by atoms with E-state index in [1.165, 1.54) is 0 Å². The summed E-state index contributed by atoms with van der Waals surface area (Å²) in [5.74, 6) is -0.839. The van der Waals surface area contributed by atoms with Crippen LogP contribution in [0.25, 0.3) is 0 Å². The van der Waals surface area contributed by atoms with Crippen LogP contribution in [-0.2, 0) is 9.53 Å². The first kappa shape index (κ1) is 16.7. The topological polar surface area (TPSA) is 55.4 Å². The number of carbonyl (C=O) groups excluding carboxylic acids is 2. The molecule has 0 heterocycles. The Balaban J connectivity index is 1.94. The summed E-state index contributed by atoms with van der Waals surface area (Å²) in [6.45, 7) is 7.42. The molecule has 4 nitrogen and oxygen atoms in total. The molecule has 0 aliphatic rings. The lowest BCUT2D eigenvalue weighted by atomic mass is 10.1. The Kier molecular flexibility index (Phi) is 5.16. The van der Waals surface area contributed by atoms with Crippen LogP contribution in [0.15, 0.2) is 36.4 Å². The maximum atomic E-state index is 12.1. The highest BCUT2D eigenvalue weighted by Crippen LogP contribution is 2.14. The van der Waals surface area contributed by atoms with Gasteiger partial charge in [0.05, 0.1) is 5.56 Å². The van der Waals surface area contributed by atoms with Crippen LogP contribution in [0, 0.1) is 27.7 Å². The van der Waals surface area contributed by atoms with Crippen molar-refractivity contribution in [3.05, 3.63) is 64.2 Å². The Morgan fingerprint density at radius 3 is 2.30 bits per heavy atom. The van der Waals surface area contributed by atoms with Gasteiger partial charge in [0.25, 0.3) is 5.91 Å². The zero-order valence-electron chi connectivity index (χ0n) is 13.9. The second kappa shape index (κ2) is 7.09. The highest BCUT2D eigenvalue weighted by atomic mass is 16.5. The van der Waals surface area contributed by atoms with Gasteiger partial charge in [-0.15, -0.1) is 0 Å². The van der Waals surface area contributed by atoms with Crippen molar-refractivity contribution in [2.24, 2.45) is 0 Å². The van der Waals surface area contributed by atoms with Gasteiger partial charge in [0.2, 0.25) is 0 Å². The molecule has 0 aromatic heterocycles. The molecule has 4 heteroatoms. The second-order valence-electron chi connectivity index (χ2n) is 5.74. The number of benzene rings is 2. The van der Waals surface area contributed by atoms with E-state index in [4.69, 9.17) is 4.74 Å². The molecule has 0 fully saturated rings. The monoisotopic (exact) mass is 311 g/mol. The van der Waals surface area contributed by atoms with Gasteiger partial charge in [0, 0.05) is 5.69 Å². The van der Waals surface area contributed by atoms with Crippen LogP contribution in [0.3, 0.4) is 0 Å². The Morgan fingerprint density at radius 1 is 0.913 bits per heavy atom. The van der Waals surface area contributed by atoms with Crippen LogP contribution in [0.1, 0.15) is 32.6 Å². The van der Waals surface area contributed by atoms with Crippen LogP contribution < -0.4 is 5.32 Å². The fourth-order valence-electron chi connectivity index (χ4n) is 2.18. The Morgan fingerprint density at radius 2 is 1.61 bits per heavy atom. The fourth-order valence-corrected chi connectivity index (χ4v) is 2.18. The minimum atomic E-state index is -0.485. The average molecular weight is 311 g/mol. The molecule has 120 valence electrons. The number of hydrogen-bond donors (Lipinski definition) is 1. The maximum Gasteiger partial charge on any atom is 0.338 e. The Labute approximate surface area is 136 Å². The highest BCUT2D eigenvalue weighted by Gasteiger charge is 2.13.